The minimum absolute atomic E-state index is 0.00697. The largest absolute Gasteiger partial charge is 0.465 e. The number of carbonyl (C=O) groups excluding carboxylic acids is 2. The lowest BCUT2D eigenvalue weighted by Gasteiger charge is -2.27. The predicted octanol–water partition coefficient (Wildman–Crippen LogP) is 2.79. The number of hydrogen-bond donors (Lipinski definition) is 0. The molecule has 124 valence electrons. The zero-order valence-corrected chi connectivity index (χ0v) is 13.3. The third kappa shape index (κ3) is 3.67. The van der Waals surface area contributed by atoms with E-state index in [4.69, 9.17) is 0 Å². The molecule has 2 rings (SSSR count). The number of nitro groups is 1. The number of esters is 1. The average Bonchev–Trinajstić information content (AvgIpc) is 3.08. The number of carbonyl (C=O) groups is 2. The summed E-state index contributed by atoms with van der Waals surface area (Å²) in [6, 6.07) is 3.85. The molecule has 0 saturated heterocycles. The highest BCUT2D eigenvalue weighted by Crippen LogP contribution is 2.26. The summed E-state index contributed by atoms with van der Waals surface area (Å²) in [6.45, 7) is 2.41. The molecule has 0 aliphatic heterocycles. The molecule has 1 saturated carbocycles. The summed E-state index contributed by atoms with van der Waals surface area (Å²) < 4.78 is 4.61. The number of hydrogen-bond acceptors (Lipinski definition) is 5. The second-order valence-electron chi connectivity index (χ2n) is 5.55. The molecule has 0 heterocycles. The molecule has 1 aromatic carbocycles. The van der Waals surface area contributed by atoms with Crippen LogP contribution in [0, 0.1) is 10.1 Å². The fourth-order valence-electron chi connectivity index (χ4n) is 3.03. The monoisotopic (exact) mass is 320 g/mol. The highest BCUT2D eigenvalue weighted by molar-refractivity contribution is 5.99. The van der Waals surface area contributed by atoms with Crippen molar-refractivity contribution >= 4 is 17.6 Å². The topological polar surface area (TPSA) is 89.8 Å². The van der Waals surface area contributed by atoms with Crippen molar-refractivity contribution in [1.29, 1.82) is 0 Å². The molecular formula is C16H20N2O5. The molecule has 1 fully saturated rings. The molecule has 0 unspecified atom stereocenters. The molecule has 0 N–H and O–H groups in total. The van der Waals surface area contributed by atoms with Gasteiger partial charge in [0.05, 0.1) is 17.6 Å². The molecule has 0 spiro atoms. The molecule has 23 heavy (non-hydrogen) atoms. The Bertz CT molecular complexity index is 623. The van der Waals surface area contributed by atoms with E-state index in [2.05, 4.69) is 4.74 Å². The molecule has 1 aromatic rings. The number of nitro benzene ring substituents is 1. The van der Waals surface area contributed by atoms with Gasteiger partial charge in [0.1, 0.15) is 0 Å². The lowest BCUT2D eigenvalue weighted by atomic mass is 10.1. The number of rotatable bonds is 5. The van der Waals surface area contributed by atoms with Crippen molar-refractivity contribution in [3.8, 4) is 0 Å². The first-order valence-corrected chi connectivity index (χ1v) is 7.66. The van der Waals surface area contributed by atoms with Gasteiger partial charge in [0.25, 0.3) is 11.6 Å². The fourth-order valence-corrected chi connectivity index (χ4v) is 3.03. The van der Waals surface area contributed by atoms with Crippen molar-refractivity contribution in [2.24, 2.45) is 0 Å². The molecular weight excluding hydrogens is 300 g/mol. The van der Waals surface area contributed by atoms with Crippen LogP contribution in [0.5, 0.6) is 0 Å². The molecule has 0 radical (unpaired) electrons. The second kappa shape index (κ2) is 7.21. The Labute approximate surface area is 134 Å². The number of nitrogens with zero attached hydrogens (tertiary/aromatic N) is 2. The van der Waals surface area contributed by atoms with Crippen LogP contribution in [0.15, 0.2) is 18.2 Å². The van der Waals surface area contributed by atoms with Crippen molar-refractivity contribution in [3.63, 3.8) is 0 Å². The maximum Gasteiger partial charge on any atom is 0.338 e. The van der Waals surface area contributed by atoms with Crippen molar-refractivity contribution in [1.82, 2.24) is 4.90 Å². The van der Waals surface area contributed by atoms with Crippen molar-refractivity contribution in [2.75, 3.05) is 13.7 Å². The van der Waals surface area contributed by atoms with E-state index in [1.807, 2.05) is 6.92 Å². The van der Waals surface area contributed by atoms with Gasteiger partial charge >= 0.3 is 5.97 Å². The first-order chi connectivity index (χ1) is 11.0. The summed E-state index contributed by atoms with van der Waals surface area (Å²) in [4.78, 5) is 36.6. The van der Waals surface area contributed by atoms with E-state index in [1.165, 1.54) is 19.2 Å². The second-order valence-corrected chi connectivity index (χ2v) is 5.55. The molecule has 1 amide bonds. The molecule has 0 aromatic heterocycles. The van der Waals surface area contributed by atoms with Gasteiger partial charge in [0.2, 0.25) is 0 Å². The summed E-state index contributed by atoms with van der Waals surface area (Å²) >= 11 is 0. The van der Waals surface area contributed by atoms with Crippen LogP contribution in [0.3, 0.4) is 0 Å². The van der Waals surface area contributed by atoms with Gasteiger partial charge in [-0.3, -0.25) is 14.9 Å². The van der Waals surface area contributed by atoms with Crippen LogP contribution < -0.4 is 0 Å². The zero-order valence-electron chi connectivity index (χ0n) is 13.3. The van der Waals surface area contributed by atoms with Crippen LogP contribution in [0.2, 0.25) is 0 Å². The SMILES string of the molecule is CCN(C(=O)c1cc(C(=O)OC)cc([N+](=O)[O-])c1)C1CCCC1. The number of non-ortho nitro benzene ring substituents is 1. The standard InChI is InChI=1S/C16H20N2O5/c1-3-17(13-6-4-5-7-13)15(19)11-8-12(16(20)23-2)10-14(9-11)18(21)22/h8-10,13H,3-7H2,1-2H3. The fraction of sp³-hybridized carbons (Fsp3) is 0.500. The van der Waals surface area contributed by atoms with E-state index in [1.54, 1.807) is 4.90 Å². The summed E-state index contributed by atoms with van der Waals surface area (Å²) in [7, 11) is 1.19. The maximum absolute atomic E-state index is 12.8. The molecule has 7 nitrogen and oxygen atoms in total. The first-order valence-electron chi connectivity index (χ1n) is 7.66. The van der Waals surface area contributed by atoms with E-state index < -0.39 is 10.9 Å². The van der Waals surface area contributed by atoms with E-state index in [0.717, 1.165) is 31.7 Å². The van der Waals surface area contributed by atoms with Crippen molar-refractivity contribution in [3.05, 3.63) is 39.4 Å². The Morgan fingerprint density at radius 1 is 1.26 bits per heavy atom. The normalized spacial score (nSPS) is 14.5. The van der Waals surface area contributed by atoms with Crippen LogP contribution in [0.1, 0.15) is 53.3 Å². The molecule has 1 aliphatic rings. The van der Waals surface area contributed by atoms with Gasteiger partial charge in [-0.25, -0.2) is 4.79 Å². The van der Waals surface area contributed by atoms with Gasteiger partial charge < -0.3 is 9.64 Å². The van der Waals surface area contributed by atoms with E-state index >= 15 is 0 Å². The van der Waals surface area contributed by atoms with Crippen LogP contribution in [-0.4, -0.2) is 41.4 Å². The lowest BCUT2D eigenvalue weighted by molar-refractivity contribution is -0.384. The number of benzene rings is 1. The molecule has 0 bridgehead atoms. The highest BCUT2D eigenvalue weighted by atomic mass is 16.6. The van der Waals surface area contributed by atoms with Gasteiger partial charge in [-0.1, -0.05) is 12.8 Å². The van der Waals surface area contributed by atoms with Crippen molar-refractivity contribution in [2.45, 2.75) is 38.6 Å². The Balaban J connectivity index is 2.39. The van der Waals surface area contributed by atoms with Gasteiger partial charge in [0.15, 0.2) is 0 Å². The quantitative estimate of drug-likeness (QED) is 0.473. The van der Waals surface area contributed by atoms with Gasteiger partial charge in [-0.2, -0.15) is 0 Å². The summed E-state index contributed by atoms with van der Waals surface area (Å²) in [5, 5.41) is 11.1. The number of ether oxygens (including phenoxy) is 1. The Hall–Kier alpha value is -2.44. The van der Waals surface area contributed by atoms with Crippen LogP contribution in [0.4, 0.5) is 5.69 Å². The Morgan fingerprint density at radius 3 is 2.39 bits per heavy atom. The van der Waals surface area contributed by atoms with Gasteiger partial charge in [-0.15, -0.1) is 0 Å². The minimum Gasteiger partial charge on any atom is -0.465 e. The van der Waals surface area contributed by atoms with Crippen LogP contribution in [0.25, 0.3) is 0 Å². The van der Waals surface area contributed by atoms with E-state index in [9.17, 15) is 19.7 Å². The van der Waals surface area contributed by atoms with Crippen molar-refractivity contribution < 1.29 is 19.2 Å². The first kappa shape index (κ1) is 16.9. The predicted molar refractivity (Wildman–Crippen MR) is 83.4 cm³/mol. The average molecular weight is 320 g/mol. The number of methoxy groups -OCH3 is 1. The van der Waals surface area contributed by atoms with Crippen LogP contribution in [-0.2, 0) is 4.74 Å². The number of amides is 1. The summed E-state index contributed by atoms with van der Waals surface area (Å²) in [6.07, 6.45) is 4.05. The minimum atomic E-state index is -0.702. The lowest BCUT2D eigenvalue weighted by Crippen LogP contribution is -2.38. The highest BCUT2D eigenvalue weighted by Gasteiger charge is 2.28. The van der Waals surface area contributed by atoms with E-state index in [0.29, 0.717) is 6.54 Å². The van der Waals surface area contributed by atoms with Crippen LogP contribution >= 0.6 is 0 Å². The third-order valence-electron chi connectivity index (χ3n) is 4.16. The third-order valence-corrected chi connectivity index (χ3v) is 4.16. The van der Waals surface area contributed by atoms with E-state index in [-0.39, 0.29) is 28.8 Å². The van der Waals surface area contributed by atoms with Gasteiger partial charge in [0, 0.05) is 30.3 Å². The summed E-state index contributed by atoms with van der Waals surface area (Å²) in [5.41, 5.74) is -0.139. The summed E-state index contributed by atoms with van der Waals surface area (Å²) in [5.74, 6) is -0.986. The van der Waals surface area contributed by atoms with Gasteiger partial charge in [-0.05, 0) is 25.8 Å². The maximum atomic E-state index is 12.8. The Morgan fingerprint density at radius 2 is 1.87 bits per heavy atom. The molecule has 7 heteroatoms. The molecule has 1 aliphatic carbocycles. The smallest absolute Gasteiger partial charge is 0.338 e. The Kier molecular flexibility index (Phi) is 5.31. The molecule has 0 atom stereocenters. The zero-order chi connectivity index (χ0) is 17.0.